The summed E-state index contributed by atoms with van der Waals surface area (Å²) in [6.45, 7) is 6.19. The molecule has 158 valence electrons. The van der Waals surface area contributed by atoms with Crippen LogP contribution in [0.2, 0.25) is 0 Å². The molecule has 0 saturated heterocycles. The molecule has 0 saturated carbocycles. The molecule has 1 atom stereocenters. The molecule has 3 aromatic carbocycles. The predicted octanol–water partition coefficient (Wildman–Crippen LogP) is 5.44. The van der Waals surface area contributed by atoms with E-state index in [9.17, 15) is 4.79 Å². The zero-order valence-electron chi connectivity index (χ0n) is 18.0. The maximum Gasteiger partial charge on any atom is 0.224 e. The smallest absolute Gasteiger partial charge is 0.224 e. The number of rotatable bonds is 7. The second kappa shape index (κ2) is 9.04. The number of carbonyl (C=O) groups is 1. The van der Waals surface area contributed by atoms with Gasteiger partial charge in [0.15, 0.2) is 0 Å². The van der Waals surface area contributed by atoms with Crippen molar-refractivity contribution in [3.05, 3.63) is 94.9 Å². The van der Waals surface area contributed by atoms with E-state index in [1.807, 2.05) is 57.2 Å². The molecule has 0 spiro atoms. The van der Waals surface area contributed by atoms with Gasteiger partial charge in [-0.25, -0.2) is 0 Å². The molecule has 5 nitrogen and oxygen atoms in total. The quantitative estimate of drug-likeness (QED) is 0.437. The van der Waals surface area contributed by atoms with Crippen LogP contribution >= 0.6 is 0 Å². The van der Waals surface area contributed by atoms with Crippen molar-refractivity contribution in [3.63, 3.8) is 0 Å². The summed E-state index contributed by atoms with van der Waals surface area (Å²) in [5.41, 5.74) is 3.83. The van der Waals surface area contributed by atoms with Crippen molar-refractivity contribution in [2.45, 2.75) is 39.8 Å². The van der Waals surface area contributed by atoms with Gasteiger partial charge < -0.3 is 14.6 Å². The maximum atomic E-state index is 12.5. The first-order valence-corrected chi connectivity index (χ1v) is 10.4. The van der Waals surface area contributed by atoms with Crippen LogP contribution in [0.5, 0.6) is 5.75 Å². The Morgan fingerprint density at radius 2 is 1.77 bits per heavy atom. The minimum atomic E-state index is -0.0604. The van der Waals surface area contributed by atoms with E-state index in [4.69, 9.17) is 9.26 Å². The first kappa shape index (κ1) is 20.7. The average Bonchev–Trinajstić information content (AvgIpc) is 3.10. The third kappa shape index (κ3) is 4.94. The SMILES string of the molecule is Cc1noc(C)c1COc1ccc(CC(=O)NC(C)c2ccc3ccccc3c2)cc1. The van der Waals surface area contributed by atoms with Crippen molar-refractivity contribution >= 4 is 16.7 Å². The molecule has 4 rings (SSSR count). The average molecular weight is 415 g/mol. The van der Waals surface area contributed by atoms with Crippen LogP contribution in [-0.2, 0) is 17.8 Å². The molecular weight excluding hydrogens is 388 g/mol. The zero-order valence-corrected chi connectivity index (χ0v) is 18.0. The van der Waals surface area contributed by atoms with E-state index in [0.29, 0.717) is 13.0 Å². The summed E-state index contributed by atoms with van der Waals surface area (Å²) in [7, 11) is 0. The number of nitrogens with one attached hydrogen (secondary N) is 1. The number of aryl methyl sites for hydroxylation is 2. The van der Waals surface area contributed by atoms with Crippen molar-refractivity contribution in [3.8, 4) is 5.75 Å². The van der Waals surface area contributed by atoms with Gasteiger partial charge in [0, 0.05) is 0 Å². The lowest BCUT2D eigenvalue weighted by atomic mass is 10.0. The highest BCUT2D eigenvalue weighted by atomic mass is 16.5. The highest BCUT2D eigenvalue weighted by Gasteiger charge is 2.12. The highest BCUT2D eigenvalue weighted by molar-refractivity contribution is 5.83. The molecule has 1 N–H and O–H groups in total. The van der Waals surface area contributed by atoms with Crippen LogP contribution in [0.1, 0.15) is 41.1 Å². The van der Waals surface area contributed by atoms with E-state index in [-0.39, 0.29) is 11.9 Å². The standard InChI is InChI=1S/C26H26N2O3/c1-17(22-11-10-21-6-4-5-7-23(21)15-22)27-26(29)14-20-8-12-24(13-9-20)30-16-25-18(2)28-31-19(25)3/h4-13,15,17H,14,16H2,1-3H3,(H,27,29). The summed E-state index contributed by atoms with van der Waals surface area (Å²) >= 11 is 0. The fourth-order valence-electron chi connectivity index (χ4n) is 3.61. The fraction of sp³-hybridized carbons (Fsp3) is 0.231. The second-order valence-electron chi connectivity index (χ2n) is 7.81. The minimum absolute atomic E-state index is 0.00921. The maximum absolute atomic E-state index is 12.5. The first-order valence-electron chi connectivity index (χ1n) is 10.4. The lowest BCUT2D eigenvalue weighted by molar-refractivity contribution is -0.121. The van der Waals surface area contributed by atoms with Crippen LogP contribution in [0, 0.1) is 13.8 Å². The van der Waals surface area contributed by atoms with Crippen LogP contribution in [-0.4, -0.2) is 11.1 Å². The molecule has 31 heavy (non-hydrogen) atoms. The molecule has 1 unspecified atom stereocenters. The Labute approximate surface area is 182 Å². The minimum Gasteiger partial charge on any atom is -0.489 e. The number of ether oxygens (including phenoxy) is 1. The fourth-order valence-corrected chi connectivity index (χ4v) is 3.61. The molecule has 0 aliphatic rings. The van der Waals surface area contributed by atoms with Gasteiger partial charge in [-0.05, 0) is 60.9 Å². The van der Waals surface area contributed by atoms with Crippen LogP contribution in [0.15, 0.2) is 71.3 Å². The van der Waals surface area contributed by atoms with Gasteiger partial charge in [-0.3, -0.25) is 4.79 Å². The van der Waals surface area contributed by atoms with Gasteiger partial charge in [0.25, 0.3) is 0 Å². The normalized spacial score (nSPS) is 12.0. The van der Waals surface area contributed by atoms with Gasteiger partial charge >= 0.3 is 0 Å². The van der Waals surface area contributed by atoms with Crippen molar-refractivity contribution < 1.29 is 14.1 Å². The van der Waals surface area contributed by atoms with Gasteiger partial charge in [0.2, 0.25) is 5.91 Å². The van der Waals surface area contributed by atoms with Gasteiger partial charge in [-0.15, -0.1) is 0 Å². The zero-order chi connectivity index (χ0) is 21.8. The Hall–Kier alpha value is -3.60. The molecular formula is C26H26N2O3. The number of hydrogen-bond acceptors (Lipinski definition) is 4. The number of nitrogens with zero attached hydrogens (tertiary/aromatic N) is 1. The molecule has 1 amide bonds. The summed E-state index contributed by atoms with van der Waals surface area (Å²) in [5, 5.41) is 9.40. The third-order valence-electron chi connectivity index (χ3n) is 5.50. The van der Waals surface area contributed by atoms with Crippen molar-refractivity contribution in [2.24, 2.45) is 0 Å². The van der Waals surface area contributed by atoms with E-state index in [1.165, 1.54) is 10.8 Å². The molecule has 0 aliphatic heterocycles. The van der Waals surface area contributed by atoms with E-state index in [1.54, 1.807) is 0 Å². The Morgan fingerprint density at radius 1 is 1.03 bits per heavy atom. The van der Waals surface area contributed by atoms with Crippen LogP contribution in [0.25, 0.3) is 10.8 Å². The lowest BCUT2D eigenvalue weighted by Crippen LogP contribution is -2.28. The first-order chi connectivity index (χ1) is 15.0. The van der Waals surface area contributed by atoms with Crippen LogP contribution in [0.3, 0.4) is 0 Å². The number of hydrogen-bond donors (Lipinski definition) is 1. The summed E-state index contributed by atoms with van der Waals surface area (Å²) in [6.07, 6.45) is 0.321. The Balaban J connectivity index is 1.32. The highest BCUT2D eigenvalue weighted by Crippen LogP contribution is 2.21. The molecule has 0 bridgehead atoms. The van der Waals surface area contributed by atoms with Crippen LogP contribution in [0.4, 0.5) is 0 Å². The molecule has 1 aromatic heterocycles. The van der Waals surface area contributed by atoms with Crippen molar-refractivity contribution in [1.29, 1.82) is 0 Å². The number of carbonyl (C=O) groups excluding carboxylic acids is 1. The third-order valence-corrected chi connectivity index (χ3v) is 5.50. The van der Waals surface area contributed by atoms with Crippen molar-refractivity contribution in [1.82, 2.24) is 10.5 Å². The number of benzene rings is 3. The molecule has 1 heterocycles. The summed E-state index contributed by atoms with van der Waals surface area (Å²) in [6, 6.07) is 22.1. The van der Waals surface area contributed by atoms with E-state index < -0.39 is 0 Å². The van der Waals surface area contributed by atoms with E-state index >= 15 is 0 Å². The number of aromatic nitrogens is 1. The molecule has 0 radical (unpaired) electrons. The summed E-state index contributed by atoms with van der Waals surface area (Å²) in [5.74, 6) is 1.50. The monoisotopic (exact) mass is 414 g/mol. The van der Waals surface area contributed by atoms with E-state index in [0.717, 1.165) is 33.9 Å². The Morgan fingerprint density at radius 3 is 2.48 bits per heavy atom. The molecule has 0 aliphatic carbocycles. The lowest BCUT2D eigenvalue weighted by Gasteiger charge is -2.15. The van der Waals surface area contributed by atoms with Crippen molar-refractivity contribution in [2.75, 3.05) is 0 Å². The molecule has 0 fully saturated rings. The number of amides is 1. The topological polar surface area (TPSA) is 64.4 Å². The Bertz CT molecular complexity index is 1180. The number of fused-ring (bicyclic) bond motifs is 1. The predicted molar refractivity (Wildman–Crippen MR) is 121 cm³/mol. The second-order valence-corrected chi connectivity index (χ2v) is 7.81. The van der Waals surface area contributed by atoms with Gasteiger partial charge in [0.1, 0.15) is 18.1 Å². The molecule has 5 heteroatoms. The summed E-state index contributed by atoms with van der Waals surface area (Å²) < 4.78 is 11.0. The Kier molecular flexibility index (Phi) is 6.03. The summed E-state index contributed by atoms with van der Waals surface area (Å²) in [4.78, 5) is 12.5. The van der Waals surface area contributed by atoms with E-state index in [2.05, 4.69) is 40.8 Å². The van der Waals surface area contributed by atoms with Crippen LogP contribution < -0.4 is 10.1 Å². The van der Waals surface area contributed by atoms with Gasteiger partial charge in [-0.1, -0.05) is 53.7 Å². The van der Waals surface area contributed by atoms with Gasteiger partial charge in [0.05, 0.1) is 23.7 Å². The molecule has 4 aromatic rings. The van der Waals surface area contributed by atoms with Gasteiger partial charge in [-0.2, -0.15) is 0 Å². The largest absolute Gasteiger partial charge is 0.489 e.